The van der Waals surface area contributed by atoms with E-state index >= 15 is 0 Å². The summed E-state index contributed by atoms with van der Waals surface area (Å²) in [7, 11) is 1.52. The molecule has 0 aliphatic carbocycles. The highest BCUT2D eigenvalue weighted by Crippen LogP contribution is 2.27. The molecule has 0 aliphatic rings. The quantitative estimate of drug-likeness (QED) is 0.673. The highest BCUT2D eigenvalue weighted by Gasteiger charge is 2.08. The van der Waals surface area contributed by atoms with Gasteiger partial charge in [-0.3, -0.25) is 4.79 Å². The molecule has 1 aromatic rings. The Balaban J connectivity index is 2.38. The van der Waals surface area contributed by atoms with Crippen LogP contribution in [0.1, 0.15) is 19.3 Å². The first-order chi connectivity index (χ1) is 9.52. The van der Waals surface area contributed by atoms with Gasteiger partial charge in [-0.1, -0.05) is 11.6 Å². The van der Waals surface area contributed by atoms with Crippen LogP contribution in [0.25, 0.3) is 0 Å². The summed E-state index contributed by atoms with van der Waals surface area (Å²) in [5.41, 5.74) is 5.47. The van der Waals surface area contributed by atoms with E-state index < -0.39 is 6.03 Å². The number of hydrogen-bond donors (Lipinski definition) is 3. The number of nitrogens with one attached hydrogen (secondary N) is 2. The molecule has 0 bridgehead atoms. The molecule has 6 nitrogen and oxygen atoms in total. The second kappa shape index (κ2) is 8.27. The minimum absolute atomic E-state index is 0.135. The standard InChI is InChI=1S/C13H18ClN3O3/c1-20-11-6-5-9(14)8-10(11)17-12(18)4-2-3-7-16-13(15)19/h5-6,8H,2-4,7H2,1H3,(H,17,18)(H3,15,16,19). The predicted molar refractivity (Wildman–Crippen MR) is 78.1 cm³/mol. The van der Waals surface area contributed by atoms with E-state index in [2.05, 4.69) is 10.6 Å². The van der Waals surface area contributed by atoms with Crippen molar-refractivity contribution in [3.8, 4) is 5.75 Å². The number of carbonyl (C=O) groups is 2. The number of benzene rings is 1. The van der Waals surface area contributed by atoms with Crippen LogP contribution in [-0.4, -0.2) is 25.6 Å². The molecule has 1 aromatic carbocycles. The molecule has 0 radical (unpaired) electrons. The zero-order valence-corrected chi connectivity index (χ0v) is 12.0. The van der Waals surface area contributed by atoms with Crippen LogP contribution in [0.3, 0.4) is 0 Å². The number of anilines is 1. The third-order valence-corrected chi connectivity index (χ3v) is 2.80. The number of urea groups is 1. The second-order valence-corrected chi connectivity index (χ2v) is 4.58. The van der Waals surface area contributed by atoms with Crippen LogP contribution in [0, 0.1) is 0 Å². The number of nitrogens with two attached hydrogens (primary N) is 1. The molecule has 0 saturated heterocycles. The second-order valence-electron chi connectivity index (χ2n) is 4.14. The highest BCUT2D eigenvalue weighted by atomic mass is 35.5. The fourth-order valence-electron chi connectivity index (χ4n) is 1.61. The smallest absolute Gasteiger partial charge is 0.312 e. The van der Waals surface area contributed by atoms with E-state index in [1.54, 1.807) is 18.2 Å². The molecule has 4 N–H and O–H groups in total. The SMILES string of the molecule is COc1ccc(Cl)cc1NC(=O)CCCCNC(N)=O. The molecule has 1 rings (SSSR count). The monoisotopic (exact) mass is 299 g/mol. The lowest BCUT2D eigenvalue weighted by Gasteiger charge is -2.10. The van der Waals surface area contributed by atoms with Crippen LogP contribution < -0.4 is 21.1 Å². The van der Waals surface area contributed by atoms with Gasteiger partial charge in [0.1, 0.15) is 5.75 Å². The van der Waals surface area contributed by atoms with Crippen molar-refractivity contribution in [1.29, 1.82) is 0 Å². The number of unbranched alkanes of at least 4 members (excludes halogenated alkanes) is 1. The van der Waals surface area contributed by atoms with Crippen LogP contribution in [0.4, 0.5) is 10.5 Å². The van der Waals surface area contributed by atoms with Crippen molar-refractivity contribution < 1.29 is 14.3 Å². The number of amides is 3. The molecule has 0 atom stereocenters. The third kappa shape index (κ3) is 5.79. The fourth-order valence-corrected chi connectivity index (χ4v) is 1.78. The Morgan fingerprint density at radius 3 is 2.75 bits per heavy atom. The van der Waals surface area contributed by atoms with Crippen molar-refractivity contribution in [1.82, 2.24) is 5.32 Å². The molecular weight excluding hydrogens is 282 g/mol. The van der Waals surface area contributed by atoms with Crippen molar-refractivity contribution in [2.45, 2.75) is 19.3 Å². The van der Waals surface area contributed by atoms with Gasteiger partial charge in [0.2, 0.25) is 5.91 Å². The van der Waals surface area contributed by atoms with Crippen LogP contribution in [0.5, 0.6) is 5.75 Å². The lowest BCUT2D eigenvalue weighted by atomic mass is 10.2. The fraction of sp³-hybridized carbons (Fsp3) is 0.385. The van der Waals surface area contributed by atoms with Gasteiger partial charge in [-0.25, -0.2) is 4.79 Å². The van der Waals surface area contributed by atoms with Gasteiger partial charge < -0.3 is 21.1 Å². The molecular formula is C13H18ClN3O3. The maximum absolute atomic E-state index is 11.8. The third-order valence-electron chi connectivity index (χ3n) is 2.57. The number of rotatable bonds is 7. The van der Waals surface area contributed by atoms with Gasteiger partial charge in [0.15, 0.2) is 0 Å². The molecule has 7 heteroatoms. The molecule has 20 heavy (non-hydrogen) atoms. The average Bonchev–Trinajstić information content (AvgIpc) is 2.38. The predicted octanol–water partition coefficient (Wildman–Crippen LogP) is 2.13. The van der Waals surface area contributed by atoms with Crippen LogP contribution in [-0.2, 0) is 4.79 Å². The molecule has 110 valence electrons. The topological polar surface area (TPSA) is 93.4 Å². The minimum Gasteiger partial charge on any atom is -0.495 e. The van der Waals surface area contributed by atoms with Crippen molar-refractivity contribution in [2.75, 3.05) is 19.0 Å². The molecule has 0 aliphatic heterocycles. The van der Waals surface area contributed by atoms with E-state index in [0.717, 1.165) is 0 Å². The summed E-state index contributed by atoms with van der Waals surface area (Å²) in [4.78, 5) is 22.2. The van der Waals surface area contributed by atoms with E-state index in [-0.39, 0.29) is 5.91 Å². The minimum atomic E-state index is -0.557. The lowest BCUT2D eigenvalue weighted by molar-refractivity contribution is -0.116. The summed E-state index contributed by atoms with van der Waals surface area (Å²) in [5, 5.41) is 5.73. The normalized spacial score (nSPS) is 9.90. The number of ether oxygens (including phenoxy) is 1. The first-order valence-electron chi connectivity index (χ1n) is 6.19. The van der Waals surface area contributed by atoms with Gasteiger partial charge in [-0.15, -0.1) is 0 Å². The summed E-state index contributed by atoms with van der Waals surface area (Å²) in [6.07, 6.45) is 1.67. The first-order valence-corrected chi connectivity index (χ1v) is 6.57. The van der Waals surface area contributed by atoms with E-state index in [1.165, 1.54) is 7.11 Å². The summed E-state index contributed by atoms with van der Waals surface area (Å²) in [5.74, 6) is 0.419. The maximum atomic E-state index is 11.8. The molecule has 0 aromatic heterocycles. The lowest BCUT2D eigenvalue weighted by Crippen LogP contribution is -2.30. The van der Waals surface area contributed by atoms with Gasteiger partial charge in [-0.2, -0.15) is 0 Å². The van der Waals surface area contributed by atoms with E-state index in [1.807, 2.05) is 0 Å². The Morgan fingerprint density at radius 2 is 2.10 bits per heavy atom. The van der Waals surface area contributed by atoms with Crippen LogP contribution >= 0.6 is 11.6 Å². The number of halogens is 1. The summed E-state index contributed by atoms with van der Waals surface area (Å²) < 4.78 is 5.14. The number of methoxy groups -OCH3 is 1. The van der Waals surface area contributed by atoms with Gasteiger partial charge >= 0.3 is 6.03 Å². The van der Waals surface area contributed by atoms with E-state index in [4.69, 9.17) is 22.1 Å². The van der Waals surface area contributed by atoms with Gasteiger partial charge in [0.05, 0.1) is 12.8 Å². The molecule has 0 heterocycles. The maximum Gasteiger partial charge on any atom is 0.312 e. The van der Waals surface area contributed by atoms with Crippen LogP contribution in [0.15, 0.2) is 18.2 Å². The largest absolute Gasteiger partial charge is 0.495 e. The Hall–Kier alpha value is -1.95. The van der Waals surface area contributed by atoms with Crippen molar-refractivity contribution in [3.63, 3.8) is 0 Å². The molecule has 0 saturated carbocycles. The summed E-state index contributed by atoms with van der Waals surface area (Å²) in [6.45, 7) is 0.461. The van der Waals surface area contributed by atoms with E-state index in [9.17, 15) is 9.59 Å². The zero-order chi connectivity index (χ0) is 15.0. The first kappa shape index (κ1) is 16.1. The Kier molecular flexibility index (Phi) is 6.66. The molecule has 3 amide bonds. The van der Waals surface area contributed by atoms with E-state index in [0.29, 0.717) is 42.3 Å². The van der Waals surface area contributed by atoms with Crippen molar-refractivity contribution >= 4 is 29.2 Å². The molecule has 0 unspecified atom stereocenters. The van der Waals surface area contributed by atoms with Gasteiger partial charge in [-0.05, 0) is 31.0 Å². The van der Waals surface area contributed by atoms with Gasteiger partial charge in [0, 0.05) is 18.0 Å². The van der Waals surface area contributed by atoms with Crippen molar-refractivity contribution in [3.05, 3.63) is 23.2 Å². The molecule has 0 spiro atoms. The highest BCUT2D eigenvalue weighted by molar-refractivity contribution is 6.31. The molecule has 0 fully saturated rings. The average molecular weight is 300 g/mol. The van der Waals surface area contributed by atoms with Gasteiger partial charge in [0.25, 0.3) is 0 Å². The Morgan fingerprint density at radius 1 is 1.35 bits per heavy atom. The number of primary amides is 1. The van der Waals surface area contributed by atoms with Crippen molar-refractivity contribution in [2.24, 2.45) is 5.73 Å². The number of hydrogen-bond acceptors (Lipinski definition) is 3. The Bertz CT molecular complexity index is 480. The van der Waals surface area contributed by atoms with Crippen LogP contribution in [0.2, 0.25) is 5.02 Å². The Labute approximate surface area is 122 Å². The summed E-state index contributed by atoms with van der Waals surface area (Å²) >= 11 is 5.87. The zero-order valence-electron chi connectivity index (χ0n) is 11.2. The summed E-state index contributed by atoms with van der Waals surface area (Å²) in [6, 6.07) is 4.45. The number of carbonyl (C=O) groups excluding carboxylic acids is 2.